The maximum absolute atomic E-state index is 13.3. The Labute approximate surface area is 206 Å². The van der Waals surface area contributed by atoms with Crippen LogP contribution < -0.4 is 4.90 Å². The summed E-state index contributed by atoms with van der Waals surface area (Å²) in [5.74, 6) is -2.59. The number of phenols is 1. The molecule has 0 saturated carbocycles. The Morgan fingerprint density at radius 1 is 1.03 bits per heavy atom. The summed E-state index contributed by atoms with van der Waals surface area (Å²) >= 11 is 0. The summed E-state index contributed by atoms with van der Waals surface area (Å²) in [6.07, 6.45) is 1.58. The van der Waals surface area contributed by atoms with Gasteiger partial charge in [-0.1, -0.05) is 30.3 Å². The van der Waals surface area contributed by atoms with E-state index in [0.717, 1.165) is 5.52 Å². The molecule has 8 nitrogen and oxygen atoms in total. The van der Waals surface area contributed by atoms with Crippen LogP contribution in [-0.2, 0) is 14.3 Å². The average molecular weight is 482 g/mol. The van der Waals surface area contributed by atoms with Gasteiger partial charge in [0, 0.05) is 28.4 Å². The molecule has 1 aromatic heterocycles. The van der Waals surface area contributed by atoms with E-state index in [1.807, 2.05) is 18.2 Å². The number of anilines is 1. The van der Waals surface area contributed by atoms with Crippen molar-refractivity contribution in [3.63, 3.8) is 0 Å². The van der Waals surface area contributed by atoms with Gasteiger partial charge >= 0.3 is 5.97 Å². The van der Waals surface area contributed by atoms with Gasteiger partial charge in [-0.2, -0.15) is 0 Å². The molecule has 1 fully saturated rings. The van der Waals surface area contributed by atoms with Gasteiger partial charge in [-0.25, -0.2) is 4.79 Å². The van der Waals surface area contributed by atoms with Gasteiger partial charge in [-0.05, 0) is 55.0 Å². The van der Waals surface area contributed by atoms with E-state index in [1.165, 1.54) is 29.2 Å². The highest BCUT2D eigenvalue weighted by Gasteiger charge is 2.47. The lowest BCUT2D eigenvalue weighted by molar-refractivity contribution is -0.132. The molecule has 1 saturated heterocycles. The lowest BCUT2D eigenvalue weighted by Crippen LogP contribution is -2.29. The van der Waals surface area contributed by atoms with Crippen LogP contribution in [0.15, 0.2) is 84.6 Å². The first-order chi connectivity index (χ1) is 17.4. The number of nitrogens with zero attached hydrogens (tertiary/aromatic N) is 1. The summed E-state index contributed by atoms with van der Waals surface area (Å²) in [7, 11) is 0. The van der Waals surface area contributed by atoms with Gasteiger partial charge in [0.1, 0.15) is 11.5 Å². The van der Waals surface area contributed by atoms with Crippen LogP contribution in [0.25, 0.3) is 16.7 Å². The minimum Gasteiger partial charge on any atom is -0.508 e. The van der Waals surface area contributed by atoms with Crippen LogP contribution in [0.4, 0.5) is 5.69 Å². The lowest BCUT2D eigenvalue weighted by Gasteiger charge is -2.25. The van der Waals surface area contributed by atoms with E-state index in [4.69, 9.17) is 4.74 Å². The monoisotopic (exact) mass is 482 g/mol. The Morgan fingerprint density at radius 3 is 2.50 bits per heavy atom. The largest absolute Gasteiger partial charge is 0.508 e. The molecule has 1 aliphatic heterocycles. The number of aromatic amines is 1. The van der Waals surface area contributed by atoms with E-state index >= 15 is 0 Å². The molecule has 1 unspecified atom stereocenters. The van der Waals surface area contributed by atoms with Crippen molar-refractivity contribution in [2.24, 2.45) is 0 Å². The number of benzene rings is 3. The summed E-state index contributed by atoms with van der Waals surface area (Å²) < 4.78 is 5.02. The number of para-hydroxylation sites is 1. The third kappa shape index (κ3) is 3.78. The number of phenolic OH excluding ortho intramolecular Hbond substituents is 1. The van der Waals surface area contributed by atoms with Gasteiger partial charge in [0.25, 0.3) is 11.7 Å². The van der Waals surface area contributed by atoms with Crippen LogP contribution in [0, 0.1) is 0 Å². The molecule has 3 aromatic carbocycles. The fourth-order valence-corrected chi connectivity index (χ4v) is 4.49. The number of Topliss-reactive ketones (excluding diaryl/α,β-unsaturated/α-hetero) is 1. The number of fused-ring (bicyclic) bond motifs is 1. The first kappa shape index (κ1) is 22.9. The zero-order valence-corrected chi connectivity index (χ0v) is 19.3. The van der Waals surface area contributed by atoms with Crippen LogP contribution in [-0.4, -0.2) is 39.5 Å². The highest BCUT2D eigenvalue weighted by molar-refractivity contribution is 6.51. The molecule has 2 heterocycles. The predicted octanol–water partition coefficient (Wildman–Crippen LogP) is 4.68. The number of aliphatic hydroxyl groups is 1. The van der Waals surface area contributed by atoms with Gasteiger partial charge in [0.15, 0.2) is 0 Å². The second-order valence-electron chi connectivity index (χ2n) is 8.28. The van der Waals surface area contributed by atoms with Crippen molar-refractivity contribution in [1.29, 1.82) is 0 Å². The summed E-state index contributed by atoms with van der Waals surface area (Å²) in [6.45, 7) is 1.93. The molecule has 5 rings (SSSR count). The molecule has 1 atom stereocenters. The average Bonchev–Trinajstić information content (AvgIpc) is 3.43. The Balaban J connectivity index is 1.68. The third-order valence-electron chi connectivity index (χ3n) is 6.13. The molecule has 1 amide bonds. The summed E-state index contributed by atoms with van der Waals surface area (Å²) in [4.78, 5) is 43.0. The quantitative estimate of drug-likeness (QED) is 0.164. The number of carbonyl (C=O) groups is 3. The molecule has 4 aromatic rings. The molecule has 36 heavy (non-hydrogen) atoms. The number of aliphatic hydroxyl groups excluding tert-OH is 1. The normalized spacial score (nSPS) is 17.0. The molecule has 0 aliphatic carbocycles. The molecule has 180 valence electrons. The molecule has 0 radical (unpaired) electrons. The van der Waals surface area contributed by atoms with Crippen molar-refractivity contribution in [3.05, 3.63) is 101 Å². The molecular formula is C28H22N2O6. The fraction of sp³-hybridized carbons (Fsp3) is 0.107. The lowest BCUT2D eigenvalue weighted by atomic mass is 9.94. The standard InChI is InChI=1S/C28H22N2O6/c1-2-36-28(35)16-10-12-18(13-11-16)30-24(17-6-5-7-19(31)14-17)23(26(33)27(30)34)25(32)21-15-29-22-9-4-3-8-20(21)22/h3-15,24,29,31-32H,2H2,1H3/b25-23-. The molecule has 0 bridgehead atoms. The minimum atomic E-state index is -1.01. The predicted molar refractivity (Wildman–Crippen MR) is 134 cm³/mol. The van der Waals surface area contributed by atoms with Crippen molar-refractivity contribution < 1.29 is 29.3 Å². The van der Waals surface area contributed by atoms with Gasteiger partial charge in [-0.3, -0.25) is 14.5 Å². The smallest absolute Gasteiger partial charge is 0.338 e. The summed E-state index contributed by atoms with van der Waals surface area (Å²) in [6, 6.07) is 18.5. The molecular weight excluding hydrogens is 460 g/mol. The van der Waals surface area contributed by atoms with Gasteiger partial charge in [0.05, 0.1) is 23.8 Å². The molecule has 8 heteroatoms. The number of amides is 1. The van der Waals surface area contributed by atoms with E-state index in [0.29, 0.717) is 27.8 Å². The Kier molecular flexibility index (Phi) is 5.77. The van der Waals surface area contributed by atoms with E-state index in [2.05, 4.69) is 4.98 Å². The van der Waals surface area contributed by atoms with Crippen LogP contribution in [0.5, 0.6) is 5.75 Å². The van der Waals surface area contributed by atoms with E-state index in [-0.39, 0.29) is 23.7 Å². The zero-order chi connectivity index (χ0) is 25.4. The van der Waals surface area contributed by atoms with Gasteiger partial charge in [0.2, 0.25) is 0 Å². The van der Waals surface area contributed by atoms with Crippen LogP contribution in [0.2, 0.25) is 0 Å². The topological polar surface area (TPSA) is 120 Å². The maximum Gasteiger partial charge on any atom is 0.338 e. The number of rotatable bonds is 5. The second kappa shape index (κ2) is 9.07. The van der Waals surface area contributed by atoms with Crippen LogP contribution in [0.3, 0.4) is 0 Å². The molecule has 1 aliphatic rings. The number of esters is 1. The number of H-pyrrole nitrogens is 1. The second-order valence-corrected chi connectivity index (χ2v) is 8.28. The highest BCUT2D eigenvalue weighted by atomic mass is 16.5. The number of hydrogen-bond acceptors (Lipinski definition) is 6. The molecule has 0 spiro atoms. The van der Waals surface area contributed by atoms with Crippen LogP contribution >= 0.6 is 0 Å². The first-order valence-electron chi connectivity index (χ1n) is 11.3. The number of carbonyl (C=O) groups excluding carboxylic acids is 3. The van der Waals surface area contributed by atoms with Crippen molar-refractivity contribution in [3.8, 4) is 5.75 Å². The number of ketones is 1. The van der Waals surface area contributed by atoms with Gasteiger partial charge in [-0.15, -0.1) is 0 Å². The van der Waals surface area contributed by atoms with E-state index in [9.17, 15) is 24.6 Å². The summed E-state index contributed by atoms with van der Waals surface area (Å²) in [5, 5.41) is 22.2. The number of aromatic nitrogens is 1. The maximum atomic E-state index is 13.3. The van der Waals surface area contributed by atoms with Gasteiger partial charge < -0.3 is 19.9 Å². The Morgan fingerprint density at radius 2 is 1.78 bits per heavy atom. The highest BCUT2D eigenvalue weighted by Crippen LogP contribution is 2.43. The van der Waals surface area contributed by atoms with Crippen molar-refractivity contribution >= 4 is 40.0 Å². The van der Waals surface area contributed by atoms with E-state index < -0.39 is 23.7 Å². The molecule has 3 N–H and O–H groups in total. The number of ether oxygens (including phenoxy) is 1. The van der Waals surface area contributed by atoms with Crippen molar-refractivity contribution in [2.45, 2.75) is 13.0 Å². The minimum absolute atomic E-state index is 0.0529. The number of hydrogen-bond donors (Lipinski definition) is 3. The van der Waals surface area contributed by atoms with E-state index in [1.54, 1.807) is 43.5 Å². The van der Waals surface area contributed by atoms with Crippen molar-refractivity contribution in [1.82, 2.24) is 4.98 Å². The zero-order valence-electron chi connectivity index (χ0n) is 19.3. The first-order valence-corrected chi connectivity index (χ1v) is 11.3. The number of aromatic hydroxyl groups is 1. The van der Waals surface area contributed by atoms with Crippen LogP contribution in [0.1, 0.15) is 34.5 Å². The van der Waals surface area contributed by atoms with Crippen molar-refractivity contribution in [2.75, 3.05) is 11.5 Å². The SMILES string of the molecule is CCOC(=O)c1ccc(N2C(=O)C(=O)/C(=C(\O)c3c[nH]c4ccccc34)C2c2cccc(O)c2)cc1. The number of nitrogens with one attached hydrogen (secondary N) is 1. The fourth-order valence-electron chi connectivity index (χ4n) is 4.49. The third-order valence-corrected chi connectivity index (χ3v) is 6.13. The Hall–Kier alpha value is -4.85. The summed E-state index contributed by atoms with van der Waals surface area (Å²) in [5.41, 5.74) is 2.11. The Bertz CT molecular complexity index is 1530.